The Morgan fingerprint density at radius 3 is 2.53 bits per heavy atom. The van der Waals surface area contributed by atoms with Crippen molar-refractivity contribution in [2.24, 2.45) is 0 Å². The van der Waals surface area contributed by atoms with Crippen molar-refractivity contribution in [1.82, 2.24) is 10.1 Å². The first-order valence-corrected chi connectivity index (χ1v) is 12.5. The van der Waals surface area contributed by atoms with Gasteiger partial charge in [0.05, 0.1) is 22.4 Å². The quantitative estimate of drug-likeness (QED) is 0.389. The van der Waals surface area contributed by atoms with Gasteiger partial charge in [-0.25, -0.2) is 13.2 Å². The molecule has 7 nitrogen and oxygen atoms in total. The van der Waals surface area contributed by atoms with E-state index in [0.29, 0.717) is 16.9 Å². The average molecular weight is 475 g/mol. The lowest BCUT2D eigenvalue weighted by atomic mass is 9.97. The molecule has 0 atom stereocenters. The van der Waals surface area contributed by atoms with Crippen LogP contribution in [0, 0.1) is 6.92 Å². The van der Waals surface area contributed by atoms with Gasteiger partial charge < -0.3 is 9.63 Å². The van der Waals surface area contributed by atoms with Gasteiger partial charge in [-0.15, -0.1) is 0 Å². The van der Waals surface area contributed by atoms with Gasteiger partial charge in [-0.05, 0) is 72.2 Å². The highest BCUT2D eigenvalue weighted by Gasteiger charge is 2.31. The summed E-state index contributed by atoms with van der Waals surface area (Å²) in [5.41, 5.74) is 4.36. The van der Waals surface area contributed by atoms with Crippen molar-refractivity contribution in [1.29, 1.82) is 0 Å². The third-order valence-electron chi connectivity index (χ3n) is 6.10. The summed E-state index contributed by atoms with van der Waals surface area (Å²) in [6.07, 6.45) is 6.76. The second-order valence-corrected chi connectivity index (χ2v) is 10.5. The molecular weight excluding hydrogens is 452 g/mol. The van der Waals surface area contributed by atoms with Crippen LogP contribution in [-0.4, -0.2) is 29.6 Å². The van der Waals surface area contributed by atoms with E-state index in [-0.39, 0.29) is 22.1 Å². The lowest BCUT2D eigenvalue weighted by Gasteiger charge is -2.15. The number of rotatable bonds is 7. The number of nitrogens with zero attached hydrogens (tertiary/aromatic N) is 2. The van der Waals surface area contributed by atoms with Crippen LogP contribution in [0.3, 0.4) is 0 Å². The maximum atomic E-state index is 13.7. The zero-order valence-electron chi connectivity index (χ0n) is 18.4. The highest BCUT2D eigenvalue weighted by molar-refractivity contribution is 7.90. The lowest BCUT2D eigenvalue weighted by Crippen LogP contribution is -2.11. The number of aryl methyl sites for hydroxylation is 1. The van der Waals surface area contributed by atoms with Crippen LogP contribution in [0.1, 0.15) is 46.0 Å². The van der Waals surface area contributed by atoms with Gasteiger partial charge in [0.1, 0.15) is 5.76 Å². The van der Waals surface area contributed by atoms with Gasteiger partial charge in [0.15, 0.2) is 9.84 Å². The van der Waals surface area contributed by atoms with Crippen LogP contribution >= 0.6 is 0 Å². The first kappa shape index (κ1) is 22.0. The number of hydrogen-bond donors (Lipinski definition) is 1. The van der Waals surface area contributed by atoms with Crippen molar-refractivity contribution in [3.05, 3.63) is 89.6 Å². The molecule has 1 aliphatic rings. The maximum Gasteiger partial charge on any atom is 0.335 e. The molecule has 0 aliphatic heterocycles. The molecule has 8 heteroatoms. The highest BCUT2D eigenvalue weighted by Crippen LogP contribution is 2.44. The van der Waals surface area contributed by atoms with E-state index >= 15 is 0 Å². The van der Waals surface area contributed by atoms with Crippen molar-refractivity contribution >= 4 is 15.8 Å². The molecule has 1 N–H and O–H groups in total. The molecule has 1 aliphatic carbocycles. The van der Waals surface area contributed by atoms with Gasteiger partial charge in [-0.1, -0.05) is 29.4 Å². The van der Waals surface area contributed by atoms with E-state index in [2.05, 4.69) is 10.1 Å². The Kier molecular flexibility index (Phi) is 5.53. The van der Waals surface area contributed by atoms with Gasteiger partial charge in [0.25, 0.3) is 0 Å². The molecule has 2 aromatic carbocycles. The summed E-state index contributed by atoms with van der Waals surface area (Å²) in [4.78, 5) is 15.8. The molecule has 0 radical (unpaired) electrons. The van der Waals surface area contributed by atoms with E-state index in [4.69, 9.17) is 4.52 Å². The van der Waals surface area contributed by atoms with E-state index in [0.717, 1.165) is 35.1 Å². The smallest absolute Gasteiger partial charge is 0.335 e. The second-order valence-electron chi connectivity index (χ2n) is 8.50. The molecule has 0 saturated heterocycles. The van der Waals surface area contributed by atoms with Crippen LogP contribution in [0.15, 0.2) is 76.5 Å². The molecule has 4 aromatic rings. The molecule has 0 unspecified atom stereocenters. The number of sulfone groups is 1. The molecular formula is C26H22N2O5S. The summed E-state index contributed by atoms with van der Waals surface area (Å²) in [5, 5.41) is 13.3. The SMILES string of the molecule is Cc1oncc1-c1ccc(-c2cccnc2)c(CS(=O)(=O)c2cc(C(=O)O)ccc2C2CC2)c1. The molecule has 2 aromatic heterocycles. The Morgan fingerprint density at radius 1 is 1.06 bits per heavy atom. The van der Waals surface area contributed by atoms with Gasteiger partial charge in [-0.2, -0.15) is 0 Å². The van der Waals surface area contributed by atoms with E-state index in [9.17, 15) is 18.3 Å². The molecule has 0 bridgehead atoms. The summed E-state index contributed by atoms with van der Waals surface area (Å²) in [7, 11) is -3.85. The Hall–Kier alpha value is -3.78. The number of benzene rings is 2. The molecule has 172 valence electrons. The number of carbonyl (C=O) groups is 1. The summed E-state index contributed by atoms with van der Waals surface area (Å²) < 4.78 is 32.7. The Morgan fingerprint density at radius 2 is 1.88 bits per heavy atom. The zero-order valence-corrected chi connectivity index (χ0v) is 19.2. The summed E-state index contributed by atoms with van der Waals surface area (Å²) in [6, 6.07) is 13.7. The molecule has 1 saturated carbocycles. The van der Waals surface area contributed by atoms with E-state index in [1.165, 1.54) is 12.1 Å². The molecule has 2 heterocycles. The molecule has 0 spiro atoms. The fourth-order valence-electron chi connectivity index (χ4n) is 4.21. The Labute approximate surface area is 197 Å². The third kappa shape index (κ3) is 4.24. The number of aromatic nitrogens is 2. The monoisotopic (exact) mass is 474 g/mol. The van der Waals surface area contributed by atoms with Crippen molar-refractivity contribution in [3.8, 4) is 22.3 Å². The van der Waals surface area contributed by atoms with Gasteiger partial charge in [0.2, 0.25) is 0 Å². The lowest BCUT2D eigenvalue weighted by molar-refractivity contribution is 0.0696. The first-order valence-electron chi connectivity index (χ1n) is 10.9. The Balaban J connectivity index is 1.64. The minimum Gasteiger partial charge on any atom is -0.478 e. The number of hydrogen-bond acceptors (Lipinski definition) is 6. The first-order chi connectivity index (χ1) is 16.3. The fourth-order valence-corrected chi connectivity index (χ4v) is 5.92. The summed E-state index contributed by atoms with van der Waals surface area (Å²) in [6.45, 7) is 1.80. The van der Waals surface area contributed by atoms with Gasteiger partial charge in [-0.3, -0.25) is 4.98 Å². The minimum absolute atomic E-state index is 0.0377. The van der Waals surface area contributed by atoms with Crippen molar-refractivity contribution in [3.63, 3.8) is 0 Å². The van der Waals surface area contributed by atoms with E-state index < -0.39 is 15.8 Å². The number of carboxylic acids is 1. The van der Waals surface area contributed by atoms with Crippen LogP contribution in [0.4, 0.5) is 0 Å². The Bertz CT molecular complexity index is 1490. The molecule has 0 amide bonds. The third-order valence-corrected chi connectivity index (χ3v) is 7.81. The van der Waals surface area contributed by atoms with Crippen molar-refractivity contribution < 1.29 is 22.8 Å². The predicted octanol–water partition coefficient (Wildman–Crippen LogP) is 5.26. The van der Waals surface area contributed by atoms with Crippen LogP contribution in [0.2, 0.25) is 0 Å². The minimum atomic E-state index is -3.85. The average Bonchev–Trinajstić information content (AvgIpc) is 3.59. The largest absolute Gasteiger partial charge is 0.478 e. The second kappa shape index (κ2) is 8.53. The standard InChI is InChI=1S/C26H22N2O5S/c1-16-24(14-28-33-16)18-6-8-22(20-3-2-10-27-13-20)21(11-18)15-34(31,32)25-12-19(26(29)30)7-9-23(25)17-4-5-17/h2-3,6-14,17H,4-5,15H2,1H3,(H,29,30). The predicted molar refractivity (Wildman–Crippen MR) is 126 cm³/mol. The van der Waals surface area contributed by atoms with Crippen LogP contribution in [0.25, 0.3) is 22.3 Å². The van der Waals surface area contributed by atoms with Crippen LogP contribution < -0.4 is 0 Å². The van der Waals surface area contributed by atoms with Crippen molar-refractivity contribution in [2.45, 2.75) is 36.3 Å². The fraction of sp³-hybridized carbons (Fsp3) is 0.192. The topological polar surface area (TPSA) is 110 Å². The molecule has 34 heavy (non-hydrogen) atoms. The zero-order chi connectivity index (χ0) is 23.9. The van der Waals surface area contributed by atoms with Gasteiger partial charge in [0, 0.05) is 23.5 Å². The van der Waals surface area contributed by atoms with Crippen LogP contribution in [-0.2, 0) is 15.6 Å². The summed E-state index contributed by atoms with van der Waals surface area (Å²) in [5.74, 6) is -0.651. The number of pyridine rings is 1. The normalized spacial score (nSPS) is 13.7. The van der Waals surface area contributed by atoms with Gasteiger partial charge >= 0.3 is 5.97 Å². The van der Waals surface area contributed by atoms with E-state index in [1.807, 2.05) is 24.3 Å². The number of aromatic carboxylic acids is 1. The highest BCUT2D eigenvalue weighted by atomic mass is 32.2. The summed E-state index contributed by atoms with van der Waals surface area (Å²) >= 11 is 0. The van der Waals surface area contributed by atoms with Crippen molar-refractivity contribution in [2.75, 3.05) is 0 Å². The molecule has 5 rings (SSSR count). The number of carboxylic acid groups (broad SMARTS) is 1. The molecule has 1 fully saturated rings. The van der Waals surface area contributed by atoms with E-state index in [1.54, 1.807) is 37.6 Å². The maximum absolute atomic E-state index is 13.7. The van der Waals surface area contributed by atoms with Crippen LogP contribution in [0.5, 0.6) is 0 Å².